The molecular weight excluding hydrogens is 230 g/mol. The number of benzene rings is 1. The van der Waals surface area contributed by atoms with E-state index in [0.717, 1.165) is 11.3 Å². The number of ether oxygens (including phenoxy) is 2. The monoisotopic (exact) mass is 251 g/mol. The van der Waals surface area contributed by atoms with E-state index in [2.05, 4.69) is 16.1 Å². The SMILES string of the molecule is CNC(CCC(=O)OC)c1cc(C)ccc1OC. The summed E-state index contributed by atoms with van der Waals surface area (Å²) in [6, 6.07) is 6.12. The molecule has 1 aromatic rings. The van der Waals surface area contributed by atoms with Gasteiger partial charge in [-0.05, 0) is 26.5 Å². The van der Waals surface area contributed by atoms with Crippen molar-refractivity contribution in [2.75, 3.05) is 21.3 Å². The smallest absolute Gasteiger partial charge is 0.305 e. The van der Waals surface area contributed by atoms with Crippen molar-refractivity contribution in [2.24, 2.45) is 0 Å². The largest absolute Gasteiger partial charge is 0.496 e. The molecule has 0 saturated heterocycles. The summed E-state index contributed by atoms with van der Waals surface area (Å²) >= 11 is 0. The van der Waals surface area contributed by atoms with Crippen LogP contribution in [0, 0.1) is 6.92 Å². The molecule has 0 amide bonds. The predicted octanol–water partition coefficient (Wildman–Crippen LogP) is 2.22. The Balaban J connectivity index is 2.86. The number of aryl methyl sites for hydroxylation is 1. The fraction of sp³-hybridized carbons (Fsp3) is 0.500. The number of methoxy groups -OCH3 is 2. The zero-order chi connectivity index (χ0) is 13.5. The number of hydrogen-bond acceptors (Lipinski definition) is 4. The van der Waals surface area contributed by atoms with Crippen LogP contribution in [0.1, 0.15) is 30.0 Å². The number of nitrogens with one attached hydrogen (secondary N) is 1. The summed E-state index contributed by atoms with van der Waals surface area (Å²) in [6.07, 6.45) is 1.07. The molecule has 0 radical (unpaired) electrons. The Kier molecular flexibility index (Phi) is 5.65. The maximum atomic E-state index is 11.2. The molecule has 0 fully saturated rings. The zero-order valence-corrected chi connectivity index (χ0v) is 11.4. The van der Waals surface area contributed by atoms with Crippen LogP contribution < -0.4 is 10.1 Å². The number of rotatable bonds is 6. The third-order valence-corrected chi connectivity index (χ3v) is 2.97. The van der Waals surface area contributed by atoms with Gasteiger partial charge in [-0.2, -0.15) is 0 Å². The van der Waals surface area contributed by atoms with Crippen LogP contribution in [0.2, 0.25) is 0 Å². The summed E-state index contributed by atoms with van der Waals surface area (Å²) in [7, 11) is 4.94. The van der Waals surface area contributed by atoms with Crippen LogP contribution >= 0.6 is 0 Å². The number of esters is 1. The second kappa shape index (κ2) is 7.01. The van der Waals surface area contributed by atoms with Gasteiger partial charge in [0.05, 0.1) is 14.2 Å². The van der Waals surface area contributed by atoms with Gasteiger partial charge in [0.1, 0.15) is 5.75 Å². The highest BCUT2D eigenvalue weighted by Gasteiger charge is 2.16. The topological polar surface area (TPSA) is 47.6 Å². The quantitative estimate of drug-likeness (QED) is 0.787. The van der Waals surface area contributed by atoms with E-state index in [1.807, 2.05) is 26.1 Å². The molecule has 4 nitrogen and oxygen atoms in total. The van der Waals surface area contributed by atoms with Gasteiger partial charge in [0.15, 0.2) is 0 Å². The van der Waals surface area contributed by atoms with E-state index < -0.39 is 0 Å². The van der Waals surface area contributed by atoms with Crippen molar-refractivity contribution in [1.82, 2.24) is 5.32 Å². The molecule has 0 aliphatic rings. The Hall–Kier alpha value is -1.55. The fourth-order valence-electron chi connectivity index (χ4n) is 1.95. The summed E-state index contributed by atoms with van der Waals surface area (Å²) in [5.41, 5.74) is 2.24. The normalized spacial score (nSPS) is 12.0. The van der Waals surface area contributed by atoms with E-state index in [4.69, 9.17) is 4.74 Å². The van der Waals surface area contributed by atoms with Gasteiger partial charge in [0.2, 0.25) is 0 Å². The average Bonchev–Trinajstić information content (AvgIpc) is 2.39. The summed E-state index contributed by atoms with van der Waals surface area (Å²) in [5.74, 6) is 0.645. The van der Waals surface area contributed by atoms with Crippen molar-refractivity contribution < 1.29 is 14.3 Å². The minimum Gasteiger partial charge on any atom is -0.496 e. The fourth-order valence-corrected chi connectivity index (χ4v) is 1.95. The Labute approximate surface area is 108 Å². The summed E-state index contributed by atoms with van der Waals surface area (Å²) in [6.45, 7) is 2.04. The third kappa shape index (κ3) is 3.74. The lowest BCUT2D eigenvalue weighted by molar-refractivity contribution is -0.140. The maximum Gasteiger partial charge on any atom is 0.305 e. The molecule has 0 aliphatic carbocycles. The van der Waals surface area contributed by atoms with Crippen molar-refractivity contribution in [3.05, 3.63) is 29.3 Å². The third-order valence-electron chi connectivity index (χ3n) is 2.97. The van der Waals surface area contributed by atoms with Gasteiger partial charge in [-0.25, -0.2) is 0 Å². The Morgan fingerprint density at radius 3 is 2.67 bits per heavy atom. The van der Waals surface area contributed by atoms with Crippen molar-refractivity contribution in [2.45, 2.75) is 25.8 Å². The van der Waals surface area contributed by atoms with E-state index >= 15 is 0 Å². The van der Waals surface area contributed by atoms with Crippen molar-refractivity contribution in [1.29, 1.82) is 0 Å². The first-order chi connectivity index (χ1) is 8.62. The minimum atomic E-state index is -0.193. The van der Waals surface area contributed by atoms with E-state index in [-0.39, 0.29) is 12.0 Å². The molecule has 0 saturated carbocycles. The summed E-state index contributed by atoms with van der Waals surface area (Å²) in [4.78, 5) is 11.2. The molecule has 0 heterocycles. The van der Waals surface area contributed by atoms with Gasteiger partial charge in [-0.15, -0.1) is 0 Å². The summed E-state index contributed by atoms with van der Waals surface area (Å²) in [5, 5.41) is 3.21. The lowest BCUT2D eigenvalue weighted by atomic mass is 9.99. The highest BCUT2D eigenvalue weighted by atomic mass is 16.5. The zero-order valence-electron chi connectivity index (χ0n) is 11.4. The molecule has 1 atom stereocenters. The number of carbonyl (C=O) groups is 1. The van der Waals surface area contributed by atoms with Crippen LogP contribution in [0.4, 0.5) is 0 Å². The number of hydrogen-bond donors (Lipinski definition) is 1. The van der Waals surface area contributed by atoms with Gasteiger partial charge >= 0.3 is 5.97 Å². The molecule has 1 aromatic carbocycles. The first-order valence-corrected chi connectivity index (χ1v) is 6.01. The lowest BCUT2D eigenvalue weighted by Gasteiger charge is -2.19. The molecule has 0 bridgehead atoms. The molecular formula is C14H21NO3. The standard InChI is InChI=1S/C14H21NO3/c1-10-5-7-13(17-3)11(9-10)12(15-2)6-8-14(16)18-4/h5,7,9,12,15H,6,8H2,1-4H3. The van der Waals surface area contributed by atoms with E-state index in [9.17, 15) is 4.79 Å². The Bertz CT molecular complexity index is 404. The molecule has 1 unspecified atom stereocenters. The molecule has 0 spiro atoms. The minimum absolute atomic E-state index is 0.0824. The van der Waals surface area contributed by atoms with Crippen LogP contribution in [-0.2, 0) is 9.53 Å². The van der Waals surface area contributed by atoms with Crippen molar-refractivity contribution in [3.8, 4) is 5.75 Å². The lowest BCUT2D eigenvalue weighted by Crippen LogP contribution is -2.19. The van der Waals surface area contributed by atoms with E-state index in [1.165, 1.54) is 12.7 Å². The average molecular weight is 251 g/mol. The first kappa shape index (κ1) is 14.5. The molecule has 0 aromatic heterocycles. The molecule has 100 valence electrons. The second-order valence-corrected chi connectivity index (χ2v) is 4.20. The summed E-state index contributed by atoms with van der Waals surface area (Å²) < 4.78 is 10.0. The van der Waals surface area contributed by atoms with Gasteiger partial charge < -0.3 is 14.8 Å². The van der Waals surface area contributed by atoms with Gasteiger partial charge in [0.25, 0.3) is 0 Å². The van der Waals surface area contributed by atoms with Crippen molar-refractivity contribution in [3.63, 3.8) is 0 Å². The number of carbonyl (C=O) groups excluding carboxylic acids is 1. The Morgan fingerprint density at radius 1 is 1.39 bits per heavy atom. The van der Waals surface area contributed by atoms with Crippen LogP contribution in [0.25, 0.3) is 0 Å². The molecule has 18 heavy (non-hydrogen) atoms. The van der Waals surface area contributed by atoms with E-state index in [1.54, 1.807) is 7.11 Å². The first-order valence-electron chi connectivity index (χ1n) is 6.01. The van der Waals surface area contributed by atoms with Crippen LogP contribution in [-0.4, -0.2) is 27.2 Å². The van der Waals surface area contributed by atoms with Gasteiger partial charge in [0, 0.05) is 18.0 Å². The molecule has 4 heteroatoms. The Morgan fingerprint density at radius 2 is 2.11 bits per heavy atom. The second-order valence-electron chi connectivity index (χ2n) is 4.20. The molecule has 1 N–H and O–H groups in total. The van der Waals surface area contributed by atoms with Gasteiger partial charge in [-0.3, -0.25) is 4.79 Å². The van der Waals surface area contributed by atoms with Gasteiger partial charge in [-0.1, -0.05) is 17.7 Å². The highest BCUT2D eigenvalue weighted by molar-refractivity contribution is 5.69. The van der Waals surface area contributed by atoms with Crippen LogP contribution in [0.5, 0.6) is 5.75 Å². The van der Waals surface area contributed by atoms with E-state index in [0.29, 0.717) is 12.8 Å². The predicted molar refractivity (Wildman–Crippen MR) is 70.8 cm³/mol. The van der Waals surface area contributed by atoms with Crippen LogP contribution in [0.15, 0.2) is 18.2 Å². The van der Waals surface area contributed by atoms with Crippen LogP contribution in [0.3, 0.4) is 0 Å². The molecule has 1 rings (SSSR count). The maximum absolute atomic E-state index is 11.2. The highest BCUT2D eigenvalue weighted by Crippen LogP contribution is 2.28. The van der Waals surface area contributed by atoms with Crippen molar-refractivity contribution >= 4 is 5.97 Å². The molecule has 0 aliphatic heterocycles.